The maximum Gasteiger partial charge on any atom is 0.295 e. The van der Waals surface area contributed by atoms with Gasteiger partial charge in [0.25, 0.3) is 11.7 Å². The van der Waals surface area contributed by atoms with Gasteiger partial charge in [-0.25, -0.2) is 0 Å². The lowest BCUT2D eigenvalue weighted by Gasteiger charge is -2.26. The van der Waals surface area contributed by atoms with Gasteiger partial charge in [0.2, 0.25) is 0 Å². The van der Waals surface area contributed by atoms with Crippen molar-refractivity contribution in [1.29, 1.82) is 0 Å². The molecular weight excluding hydrogens is 496 g/mol. The van der Waals surface area contributed by atoms with Crippen molar-refractivity contribution in [1.82, 2.24) is 9.80 Å². The highest BCUT2D eigenvalue weighted by molar-refractivity contribution is 6.46. The number of hydrogen-bond acceptors (Lipinski definition) is 7. The molecule has 210 valence electrons. The minimum Gasteiger partial charge on any atom is -0.507 e. The lowest BCUT2D eigenvalue weighted by atomic mass is 9.94. The Kier molecular flexibility index (Phi) is 9.17. The van der Waals surface area contributed by atoms with E-state index in [1.165, 1.54) is 0 Å². The second-order valence-corrected chi connectivity index (χ2v) is 10.4. The molecule has 4 rings (SSSR count). The van der Waals surface area contributed by atoms with Crippen molar-refractivity contribution in [3.8, 4) is 17.2 Å². The number of aliphatic hydroxyl groups is 1. The molecule has 1 amide bonds. The molecule has 0 aromatic heterocycles. The fraction of sp³-hybridized carbons (Fsp3) is 0.484. The van der Waals surface area contributed by atoms with E-state index >= 15 is 0 Å². The molecule has 8 heteroatoms. The maximum atomic E-state index is 13.4. The summed E-state index contributed by atoms with van der Waals surface area (Å²) in [5.74, 6) is 0.463. The van der Waals surface area contributed by atoms with Crippen molar-refractivity contribution in [2.24, 2.45) is 0 Å². The first-order chi connectivity index (χ1) is 18.7. The largest absolute Gasteiger partial charge is 0.507 e. The lowest BCUT2D eigenvalue weighted by Crippen LogP contribution is -2.32. The summed E-state index contributed by atoms with van der Waals surface area (Å²) in [7, 11) is 3.94. The highest BCUT2D eigenvalue weighted by Crippen LogP contribution is 2.43. The Labute approximate surface area is 231 Å². The molecule has 0 unspecified atom stereocenters. The smallest absolute Gasteiger partial charge is 0.295 e. The summed E-state index contributed by atoms with van der Waals surface area (Å²) >= 11 is 0. The zero-order valence-electron chi connectivity index (χ0n) is 23.7. The van der Waals surface area contributed by atoms with Crippen LogP contribution in [0, 0.1) is 0 Å². The fourth-order valence-corrected chi connectivity index (χ4v) is 5.15. The Morgan fingerprint density at radius 1 is 1.08 bits per heavy atom. The van der Waals surface area contributed by atoms with Gasteiger partial charge in [-0.3, -0.25) is 9.59 Å². The third-order valence-electron chi connectivity index (χ3n) is 7.05. The molecule has 1 saturated heterocycles. The van der Waals surface area contributed by atoms with Crippen LogP contribution in [0.15, 0.2) is 42.0 Å². The van der Waals surface area contributed by atoms with Crippen molar-refractivity contribution >= 4 is 17.4 Å². The van der Waals surface area contributed by atoms with Gasteiger partial charge in [0, 0.05) is 18.5 Å². The fourth-order valence-electron chi connectivity index (χ4n) is 5.15. The van der Waals surface area contributed by atoms with Crippen molar-refractivity contribution in [3.63, 3.8) is 0 Å². The number of benzene rings is 2. The number of ether oxygens (including phenoxy) is 3. The Morgan fingerprint density at radius 2 is 1.87 bits per heavy atom. The van der Waals surface area contributed by atoms with Gasteiger partial charge in [0.15, 0.2) is 11.5 Å². The maximum absolute atomic E-state index is 13.4. The summed E-state index contributed by atoms with van der Waals surface area (Å²) in [6.07, 6.45) is 3.38. The van der Waals surface area contributed by atoms with Crippen LogP contribution in [0.1, 0.15) is 62.8 Å². The second-order valence-electron chi connectivity index (χ2n) is 10.4. The topological polar surface area (TPSA) is 88.5 Å². The Morgan fingerprint density at radius 3 is 2.59 bits per heavy atom. The summed E-state index contributed by atoms with van der Waals surface area (Å²) in [5, 5.41) is 11.5. The van der Waals surface area contributed by atoms with E-state index in [4.69, 9.17) is 14.2 Å². The van der Waals surface area contributed by atoms with Crippen LogP contribution in [-0.4, -0.2) is 73.1 Å². The van der Waals surface area contributed by atoms with E-state index in [9.17, 15) is 14.7 Å². The monoisotopic (exact) mass is 536 g/mol. The molecule has 1 N–H and O–H groups in total. The number of unbranched alkanes of at least 4 members (excludes halogenated alkanes) is 1. The summed E-state index contributed by atoms with van der Waals surface area (Å²) in [5.41, 5.74) is 2.23. The Hall–Kier alpha value is -3.52. The quantitative estimate of drug-likeness (QED) is 0.178. The van der Waals surface area contributed by atoms with Crippen molar-refractivity contribution in [2.45, 2.75) is 58.6 Å². The number of carbonyl (C=O) groups is 2. The normalized spacial score (nSPS) is 19.9. The molecule has 0 aliphatic carbocycles. The first kappa shape index (κ1) is 28.5. The third-order valence-corrected chi connectivity index (χ3v) is 7.05. The van der Waals surface area contributed by atoms with Crippen LogP contribution in [0.5, 0.6) is 17.2 Å². The van der Waals surface area contributed by atoms with Gasteiger partial charge < -0.3 is 29.1 Å². The SMILES string of the molecule is CCCCOc1ccc([C@@H]2C(=C(O)c3ccc4c(c3)C[C@H](C)O4)C(=O)C(=O)N2CCCN(C)C)cc1OCC. The van der Waals surface area contributed by atoms with E-state index in [2.05, 4.69) is 6.92 Å². The number of carbonyl (C=O) groups excluding carboxylic acids is 2. The molecule has 1 fully saturated rings. The second kappa shape index (κ2) is 12.6. The van der Waals surface area contributed by atoms with Crippen LogP contribution in [0.4, 0.5) is 0 Å². The van der Waals surface area contributed by atoms with E-state index in [1.807, 2.05) is 63.2 Å². The molecule has 2 heterocycles. The van der Waals surface area contributed by atoms with Crippen LogP contribution in [0.2, 0.25) is 0 Å². The predicted molar refractivity (Wildman–Crippen MR) is 150 cm³/mol. The van der Waals surface area contributed by atoms with E-state index in [-0.39, 0.29) is 17.4 Å². The van der Waals surface area contributed by atoms with Crippen LogP contribution in [0.25, 0.3) is 5.76 Å². The minimum atomic E-state index is -0.750. The number of likely N-dealkylation sites (tertiary alicyclic amines) is 1. The average Bonchev–Trinajstić information content (AvgIpc) is 3.40. The van der Waals surface area contributed by atoms with Gasteiger partial charge in [-0.1, -0.05) is 19.4 Å². The zero-order valence-corrected chi connectivity index (χ0v) is 23.7. The van der Waals surface area contributed by atoms with Gasteiger partial charge in [-0.2, -0.15) is 0 Å². The van der Waals surface area contributed by atoms with Gasteiger partial charge in [0.1, 0.15) is 17.6 Å². The third kappa shape index (κ3) is 6.22. The molecule has 0 spiro atoms. The predicted octanol–water partition coefficient (Wildman–Crippen LogP) is 4.96. The van der Waals surface area contributed by atoms with Crippen LogP contribution >= 0.6 is 0 Å². The highest BCUT2D eigenvalue weighted by Gasteiger charge is 2.46. The standard InChI is InChI=1S/C31H40N2O6/c1-6-8-16-38-25-13-10-21(19-26(25)37-7-2)28-27(30(35)31(36)33(28)15-9-14-32(4)5)29(34)22-11-12-24-23(18-22)17-20(3)39-24/h10-13,18-20,28,34H,6-9,14-17H2,1-5H3/t20-,28+/m0/s1. The van der Waals surface area contributed by atoms with E-state index in [1.54, 1.807) is 11.0 Å². The number of rotatable bonds is 12. The van der Waals surface area contributed by atoms with Gasteiger partial charge >= 0.3 is 0 Å². The first-order valence-corrected chi connectivity index (χ1v) is 13.9. The molecule has 0 saturated carbocycles. The molecule has 2 atom stereocenters. The van der Waals surface area contributed by atoms with Gasteiger partial charge in [-0.05, 0) is 88.8 Å². The summed E-state index contributed by atoms with van der Waals surface area (Å²) < 4.78 is 17.7. The zero-order chi connectivity index (χ0) is 28.1. The molecule has 39 heavy (non-hydrogen) atoms. The van der Waals surface area contributed by atoms with Crippen molar-refractivity contribution in [3.05, 3.63) is 58.7 Å². The number of aliphatic hydroxyl groups excluding tert-OH is 1. The van der Waals surface area contributed by atoms with E-state index < -0.39 is 17.7 Å². The number of amides is 1. The summed E-state index contributed by atoms with van der Waals surface area (Å²) in [6.45, 7) is 8.12. The molecule has 2 aliphatic heterocycles. The first-order valence-electron chi connectivity index (χ1n) is 13.9. The minimum absolute atomic E-state index is 0.0507. The van der Waals surface area contributed by atoms with E-state index in [0.29, 0.717) is 48.8 Å². The molecular formula is C31H40N2O6. The number of nitrogens with zero attached hydrogens (tertiary/aromatic N) is 2. The molecule has 0 bridgehead atoms. The van der Waals surface area contributed by atoms with Crippen molar-refractivity contribution in [2.75, 3.05) is 40.4 Å². The molecule has 2 aromatic rings. The molecule has 2 aromatic carbocycles. The average molecular weight is 537 g/mol. The number of ketones is 1. The lowest BCUT2D eigenvalue weighted by molar-refractivity contribution is -0.139. The van der Waals surface area contributed by atoms with Crippen LogP contribution < -0.4 is 14.2 Å². The highest BCUT2D eigenvalue weighted by atomic mass is 16.5. The molecule has 2 aliphatic rings. The Balaban J connectivity index is 1.78. The summed E-state index contributed by atoms with van der Waals surface area (Å²) in [4.78, 5) is 30.4. The summed E-state index contributed by atoms with van der Waals surface area (Å²) in [6, 6.07) is 10.1. The molecule has 0 radical (unpaired) electrons. The molecule has 8 nitrogen and oxygen atoms in total. The Bertz CT molecular complexity index is 1240. The van der Waals surface area contributed by atoms with E-state index in [0.717, 1.165) is 37.1 Å². The number of hydrogen-bond donors (Lipinski definition) is 1. The van der Waals surface area contributed by atoms with Gasteiger partial charge in [-0.15, -0.1) is 0 Å². The number of Topliss-reactive ketones (excluding diaryl/α,β-unsaturated/α-hetero) is 1. The van der Waals surface area contributed by atoms with Crippen LogP contribution in [-0.2, 0) is 16.0 Å². The number of fused-ring (bicyclic) bond motifs is 1. The van der Waals surface area contributed by atoms with Crippen LogP contribution in [0.3, 0.4) is 0 Å². The van der Waals surface area contributed by atoms with Crippen molar-refractivity contribution < 1.29 is 28.9 Å². The van der Waals surface area contributed by atoms with Gasteiger partial charge in [0.05, 0.1) is 24.8 Å².